The van der Waals surface area contributed by atoms with Gasteiger partial charge in [0.1, 0.15) is 0 Å². The first-order chi connectivity index (χ1) is 5.25. The van der Waals surface area contributed by atoms with Crippen molar-refractivity contribution < 1.29 is 5.11 Å². The number of hydrogen-bond acceptors (Lipinski definition) is 2. The molecule has 11 heavy (non-hydrogen) atoms. The Morgan fingerprint density at radius 1 is 1.82 bits per heavy atom. The van der Waals surface area contributed by atoms with Crippen LogP contribution >= 0.6 is 0 Å². The maximum absolute atomic E-state index is 9.50. The Hall–Kier alpha value is -0.810. The quantitative estimate of drug-likeness (QED) is 0.609. The van der Waals surface area contributed by atoms with E-state index in [4.69, 9.17) is 5.26 Å². The van der Waals surface area contributed by atoms with Crippen molar-refractivity contribution >= 4 is 0 Å². The monoisotopic (exact) mass is 151 g/mol. The highest BCUT2D eigenvalue weighted by Crippen LogP contribution is 2.40. The molecule has 0 radical (unpaired) electrons. The van der Waals surface area contributed by atoms with Crippen LogP contribution in [0.2, 0.25) is 0 Å². The molecule has 0 bridgehead atoms. The second-order valence-electron chi connectivity index (χ2n) is 3.17. The topological polar surface area (TPSA) is 44.0 Å². The van der Waals surface area contributed by atoms with Crippen LogP contribution in [-0.4, -0.2) is 11.2 Å². The summed E-state index contributed by atoms with van der Waals surface area (Å²) in [6, 6.07) is 2.21. The zero-order chi connectivity index (χ0) is 8.32. The normalized spacial score (nSPS) is 36.5. The molecule has 0 aromatic rings. The molecule has 0 spiro atoms. The van der Waals surface area contributed by atoms with E-state index in [1.165, 1.54) is 0 Å². The largest absolute Gasteiger partial charge is 0.391 e. The summed E-state index contributed by atoms with van der Waals surface area (Å²) >= 11 is 0. The van der Waals surface area contributed by atoms with E-state index in [1.54, 1.807) is 6.08 Å². The first kappa shape index (κ1) is 8.29. The van der Waals surface area contributed by atoms with Crippen molar-refractivity contribution in [1.82, 2.24) is 0 Å². The van der Waals surface area contributed by atoms with Crippen LogP contribution in [0.3, 0.4) is 0 Å². The van der Waals surface area contributed by atoms with Gasteiger partial charge in [-0.3, -0.25) is 0 Å². The fourth-order valence-electron chi connectivity index (χ4n) is 1.73. The van der Waals surface area contributed by atoms with Gasteiger partial charge in [0.2, 0.25) is 0 Å². The van der Waals surface area contributed by atoms with E-state index in [0.29, 0.717) is 6.42 Å². The van der Waals surface area contributed by atoms with E-state index in [9.17, 15) is 5.11 Å². The molecule has 0 aromatic carbocycles. The Morgan fingerprint density at radius 2 is 2.55 bits per heavy atom. The van der Waals surface area contributed by atoms with E-state index >= 15 is 0 Å². The molecule has 0 aliphatic heterocycles. The Labute approximate surface area is 67.2 Å². The number of aliphatic hydroxyl groups is 1. The number of hydrogen-bond donors (Lipinski definition) is 1. The molecule has 2 atom stereocenters. The molecule has 1 aliphatic carbocycles. The molecule has 2 heteroatoms. The molecule has 1 rings (SSSR count). The van der Waals surface area contributed by atoms with E-state index in [-0.39, 0.29) is 0 Å². The molecule has 1 fully saturated rings. The fraction of sp³-hybridized carbons (Fsp3) is 0.667. The summed E-state index contributed by atoms with van der Waals surface area (Å²) in [7, 11) is 0. The summed E-state index contributed by atoms with van der Waals surface area (Å²) < 4.78 is 0. The lowest BCUT2D eigenvalue weighted by atomic mass is 9.82. The van der Waals surface area contributed by atoms with Crippen molar-refractivity contribution in [2.24, 2.45) is 5.41 Å². The Bertz CT molecular complexity index is 194. The number of rotatable bonds is 2. The summed E-state index contributed by atoms with van der Waals surface area (Å²) in [6.07, 6.45) is 4.44. The molecule has 60 valence electrons. The molecule has 1 saturated carbocycles. The lowest BCUT2D eigenvalue weighted by Gasteiger charge is -2.22. The van der Waals surface area contributed by atoms with Gasteiger partial charge in [-0.25, -0.2) is 0 Å². The summed E-state index contributed by atoms with van der Waals surface area (Å²) in [4.78, 5) is 0. The number of allylic oxidation sites excluding steroid dienone is 1. The zero-order valence-electron chi connectivity index (χ0n) is 6.58. The third-order valence-corrected chi connectivity index (χ3v) is 2.47. The maximum atomic E-state index is 9.50. The van der Waals surface area contributed by atoms with Crippen LogP contribution in [0.4, 0.5) is 0 Å². The first-order valence-corrected chi connectivity index (χ1v) is 3.95. The van der Waals surface area contributed by atoms with Crippen LogP contribution in [0.25, 0.3) is 0 Å². The van der Waals surface area contributed by atoms with Gasteiger partial charge in [0.05, 0.1) is 17.6 Å². The molecule has 0 amide bonds. The zero-order valence-corrected chi connectivity index (χ0v) is 6.58. The van der Waals surface area contributed by atoms with Gasteiger partial charge in [-0.1, -0.05) is 6.08 Å². The van der Waals surface area contributed by atoms with Gasteiger partial charge >= 0.3 is 0 Å². The van der Waals surface area contributed by atoms with E-state index in [0.717, 1.165) is 19.3 Å². The van der Waals surface area contributed by atoms with E-state index < -0.39 is 11.5 Å². The van der Waals surface area contributed by atoms with Crippen LogP contribution < -0.4 is 0 Å². The summed E-state index contributed by atoms with van der Waals surface area (Å²) in [6.45, 7) is 3.59. The highest BCUT2D eigenvalue weighted by molar-refractivity contribution is 5.09. The Morgan fingerprint density at radius 3 is 2.91 bits per heavy atom. The van der Waals surface area contributed by atoms with Crippen LogP contribution in [-0.2, 0) is 0 Å². The van der Waals surface area contributed by atoms with Crippen molar-refractivity contribution in [2.45, 2.75) is 31.8 Å². The van der Waals surface area contributed by atoms with Crippen LogP contribution in [0.15, 0.2) is 12.7 Å². The predicted molar refractivity (Wildman–Crippen MR) is 42.7 cm³/mol. The molecule has 2 nitrogen and oxygen atoms in total. The average Bonchev–Trinajstić information content (AvgIpc) is 2.35. The van der Waals surface area contributed by atoms with Crippen molar-refractivity contribution in [3.8, 4) is 6.07 Å². The van der Waals surface area contributed by atoms with Crippen molar-refractivity contribution in [2.75, 3.05) is 0 Å². The summed E-state index contributed by atoms with van der Waals surface area (Å²) in [5, 5.41) is 18.4. The minimum absolute atomic E-state index is 0.439. The standard InChI is InChI=1S/C9H13NO/c1-2-5-9(7-10)6-3-4-8(9)11/h2,8,11H,1,3-6H2. The van der Waals surface area contributed by atoms with E-state index in [1.807, 2.05) is 0 Å². The second-order valence-corrected chi connectivity index (χ2v) is 3.17. The summed E-state index contributed by atoms with van der Waals surface area (Å²) in [5.41, 5.74) is -0.512. The average molecular weight is 151 g/mol. The van der Waals surface area contributed by atoms with Gasteiger partial charge in [0.15, 0.2) is 0 Å². The van der Waals surface area contributed by atoms with Crippen molar-refractivity contribution in [1.29, 1.82) is 5.26 Å². The van der Waals surface area contributed by atoms with Gasteiger partial charge in [-0.2, -0.15) is 5.26 Å². The molecule has 0 aromatic heterocycles. The van der Waals surface area contributed by atoms with Crippen molar-refractivity contribution in [3.63, 3.8) is 0 Å². The lowest BCUT2D eigenvalue weighted by molar-refractivity contribution is 0.0935. The molecule has 1 N–H and O–H groups in total. The summed E-state index contributed by atoms with van der Waals surface area (Å²) in [5.74, 6) is 0. The van der Waals surface area contributed by atoms with Gasteiger partial charge in [-0.15, -0.1) is 6.58 Å². The van der Waals surface area contributed by atoms with Gasteiger partial charge in [0.25, 0.3) is 0 Å². The fourth-order valence-corrected chi connectivity index (χ4v) is 1.73. The minimum atomic E-state index is -0.512. The lowest BCUT2D eigenvalue weighted by Crippen LogP contribution is -2.27. The molecule has 2 unspecified atom stereocenters. The smallest absolute Gasteiger partial charge is 0.0866 e. The third kappa shape index (κ3) is 1.29. The molecule has 0 saturated heterocycles. The van der Waals surface area contributed by atoms with Gasteiger partial charge < -0.3 is 5.11 Å². The molecule has 1 aliphatic rings. The van der Waals surface area contributed by atoms with Crippen LogP contribution in [0.1, 0.15) is 25.7 Å². The van der Waals surface area contributed by atoms with Crippen molar-refractivity contribution in [3.05, 3.63) is 12.7 Å². The SMILES string of the molecule is C=CCC1(C#N)CCCC1O. The number of nitrogens with zero attached hydrogens (tertiary/aromatic N) is 1. The Kier molecular flexibility index (Phi) is 2.31. The highest BCUT2D eigenvalue weighted by Gasteiger charge is 2.41. The molecular weight excluding hydrogens is 138 g/mol. The molecule has 0 heterocycles. The second kappa shape index (κ2) is 3.06. The third-order valence-electron chi connectivity index (χ3n) is 2.47. The highest BCUT2D eigenvalue weighted by atomic mass is 16.3. The van der Waals surface area contributed by atoms with Crippen LogP contribution in [0, 0.1) is 16.7 Å². The number of nitriles is 1. The van der Waals surface area contributed by atoms with Gasteiger partial charge in [0, 0.05) is 0 Å². The minimum Gasteiger partial charge on any atom is -0.391 e. The van der Waals surface area contributed by atoms with Gasteiger partial charge in [-0.05, 0) is 25.7 Å². The molecular formula is C9H13NO. The Balaban J connectivity index is 2.75. The first-order valence-electron chi connectivity index (χ1n) is 3.95. The predicted octanol–water partition coefficient (Wildman–Crippen LogP) is 1.62. The number of aliphatic hydroxyl groups excluding tert-OH is 1. The van der Waals surface area contributed by atoms with E-state index in [2.05, 4.69) is 12.6 Å². The van der Waals surface area contributed by atoms with Crippen LogP contribution in [0.5, 0.6) is 0 Å². The maximum Gasteiger partial charge on any atom is 0.0866 e.